The van der Waals surface area contributed by atoms with Gasteiger partial charge >= 0.3 is 0 Å². The van der Waals surface area contributed by atoms with E-state index in [-0.39, 0.29) is 29.7 Å². The lowest BCUT2D eigenvalue weighted by atomic mass is 9.95. The molecule has 0 spiro atoms. The van der Waals surface area contributed by atoms with Crippen LogP contribution in [0.1, 0.15) is 45.7 Å². The first kappa shape index (κ1) is 21.5. The molecule has 2 fully saturated rings. The van der Waals surface area contributed by atoms with Crippen molar-refractivity contribution < 1.29 is 19.1 Å². The summed E-state index contributed by atoms with van der Waals surface area (Å²) < 4.78 is 5.55. The number of carbonyl (C=O) groups excluding carboxylic acids is 3. The van der Waals surface area contributed by atoms with Gasteiger partial charge in [-0.15, -0.1) is 11.3 Å². The first-order valence-corrected chi connectivity index (χ1v) is 11.6. The summed E-state index contributed by atoms with van der Waals surface area (Å²) in [5, 5.41) is 7.73. The standard InChI is InChI=1S/C23H27N3O4S/c27-21(16-9-11-26(12-10-16)23(29)20-8-4-14-31-20)25-19-7-2-1-6-18(19)22(28)24-15-17-5-3-13-30-17/h1-2,4,6-8,14,16-17H,3,5,9-13,15H2,(H,24,28)(H,25,27)/t17-/m1/s1. The Morgan fingerprint density at radius 3 is 2.58 bits per heavy atom. The summed E-state index contributed by atoms with van der Waals surface area (Å²) in [6.07, 6.45) is 3.25. The van der Waals surface area contributed by atoms with Crippen LogP contribution in [0.2, 0.25) is 0 Å². The molecule has 1 aromatic carbocycles. The lowest BCUT2D eigenvalue weighted by molar-refractivity contribution is -0.121. The van der Waals surface area contributed by atoms with Crippen molar-refractivity contribution >= 4 is 34.7 Å². The smallest absolute Gasteiger partial charge is 0.263 e. The molecule has 164 valence electrons. The van der Waals surface area contributed by atoms with Crippen LogP contribution in [0.3, 0.4) is 0 Å². The Hall–Kier alpha value is -2.71. The zero-order valence-electron chi connectivity index (χ0n) is 17.3. The Kier molecular flexibility index (Phi) is 6.99. The largest absolute Gasteiger partial charge is 0.376 e. The summed E-state index contributed by atoms with van der Waals surface area (Å²) in [6.45, 7) is 2.32. The maximum atomic E-state index is 12.9. The zero-order valence-corrected chi connectivity index (χ0v) is 18.2. The van der Waals surface area contributed by atoms with Gasteiger partial charge in [-0.05, 0) is 49.3 Å². The maximum Gasteiger partial charge on any atom is 0.263 e. The van der Waals surface area contributed by atoms with Crippen molar-refractivity contribution in [1.82, 2.24) is 10.2 Å². The van der Waals surface area contributed by atoms with Gasteiger partial charge in [0.05, 0.1) is 22.2 Å². The van der Waals surface area contributed by atoms with Crippen LogP contribution in [0.5, 0.6) is 0 Å². The Morgan fingerprint density at radius 1 is 1.06 bits per heavy atom. The molecule has 1 aromatic heterocycles. The van der Waals surface area contributed by atoms with Gasteiger partial charge in [-0.1, -0.05) is 18.2 Å². The monoisotopic (exact) mass is 441 g/mol. The highest BCUT2D eigenvalue weighted by Crippen LogP contribution is 2.23. The molecular formula is C23H27N3O4S. The summed E-state index contributed by atoms with van der Waals surface area (Å²) in [4.78, 5) is 40.5. The van der Waals surface area contributed by atoms with Gasteiger partial charge in [-0.2, -0.15) is 0 Å². The molecule has 3 amide bonds. The van der Waals surface area contributed by atoms with Crippen LogP contribution in [-0.2, 0) is 9.53 Å². The predicted octanol–water partition coefficient (Wildman–Crippen LogP) is 3.15. The first-order valence-electron chi connectivity index (χ1n) is 10.7. The Morgan fingerprint density at radius 2 is 1.87 bits per heavy atom. The van der Waals surface area contributed by atoms with E-state index in [0.29, 0.717) is 43.7 Å². The van der Waals surface area contributed by atoms with Crippen molar-refractivity contribution in [2.45, 2.75) is 31.8 Å². The minimum absolute atomic E-state index is 0.0297. The molecule has 7 nitrogen and oxygen atoms in total. The molecule has 2 N–H and O–H groups in total. The van der Waals surface area contributed by atoms with Crippen LogP contribution in [-0.4, -0.2) is 55.0 Å². The third-order valence-corrected chi connectivity index (χ3v) is 6.69. The Labute approximate surface area is 185 Å². The molecule has 0 unspecified atom stereocenters. The number of nitrogens with one attached hydrogen (secondary N) is 2. The van der Waals surface area contributed by atoms with Gasteiger partial charge in [0.2, 0.25) is 5.91 Å². The SMILES string of the molecule is O=C(NC[C@H]1CCCO1)c1ccccc1NC(=O)C1CCN(C(=O)c2cccs2)CC1. The summed E-state index contributed by atoms with van der Waals surface area (Å²) >= 11 is 1.43. The van der Waals surface area contributed by atoms with Crippen LogP contribution in [0, 0.1) is 5.92 Å². The number of nitrogens with zero attached hydrogens (tertiary/aromatic N) is 1. The average Bonchev–Trinajstić information content (AvgIpc) is 3.52. The minimum Gasteiger partial charge on any atom is -0.376 e. The number of para-hydroxylation sites is 1. The third kappa shape index (κ3) is 5.32. The van der Waals surface area contributed by atoms with Gasteiger partial charge < -0.3 is 20.3 Å². The molecule has 0 aliphatic carbocycles. The van der Waals surface area contributed by atoms with Crippen LogP contribution < -0.4 is 10.6 Å². The van der Waals surface area contributed by atoms with Gasteiger partial charge in [0.1, 0.15) is 0 Å². The minimum atomic E-state index is -0.220. The highest BCUT2D eigenvalue weighted by atomic mass is 32.1. The molecule has 31 heavy (non-hydrogen) atoms. The molecule has 2 saturated heterocycles. The summed E-state index contributed by atoms with van der Waals surface area (Å²) in [5.74, 6) is -0.483. The number of carbonyl (C=O) groups is 3. The van der Waals surface area contributed by atoms with E-state index in [1.807, 2.05) is 22.4 Å². The normalized spacial score (nSPS) is 19.2. The van der Waals surface area contributed by atoms with E-state index >= 15 is 0 Å². The van der Waals surface area contributed by atoms with E-state index < -0.39 is 0 Å². The fourth-order valence-corrected chi connectivity index (χ4v) is 4.72. The molecule has 4 rings (SSSR count). The molecule has 0 bridgehead atoms. The van der Waals surface area contributed by atoms with Crippen molar-refractivity contribution in [3.63, 3.8) is 0 Å². The van der Waals surface area contributed by atoms with Crippen molar-refractivity contribution in [3.8, 4) is 0 Å². The van der Waals surface area contributed by atoms with E-state index in [9.17, 15) is 14.4 Å². The summed E-state index contributed by atoms with van der Waals surface area (Å²) in [6, 6.07) is 10.7. The molecule has 1 atom stereocenters. The molecule has 0 saturated carbocycles. The average molecular weight is 442 g/mol. The number of hydrogen-bond donors (Lipinski definition) is 2. The zero-order chi connectivity index (χ0) is 21.6. The van der Waals surface area contributed by atoms with E-state index in [4.69, 9.17) is 4.74 Å². The van der Waals surface area contributed by atoms with Crippen LogP contribution in [0.4, 0.5) is 5.69 Å². The fourth-order valence-electron chi connectivity index (χ4n) is 4.03. The molecule has 3 heterocycles. The van der Waals surface area contributed by atoms with Gasteiger partial charge in [-0.3, -0.25) is 14.4 Å². The van der Waals surface area contributed by atoms with Crippen LogP contribution in [0.25, 0.3) is 0 Å². The molecule has 0 radical (unpaired) electrons. The summed E-state index contributed by atoms with van der Waals surface area (Å²) in [5.41, 5.74) is 0.952. The molecule has 2 aliphatic heterocycles. The van der Waals surface area contributed by atoms with Crippen molar-refractivity contribution in [1.29, 1.82) is 0 Å². The van der Waals surface area contributed by atoms with Gasteiger partial charge in [0.15, 0.2) is 0 Å². The number of rotatable bonds is 6. The number of amides is 3. The topological polar surface area (TPSA) is 87.7 Å². The molecular weight excluding hydrogens is 414 g/mol. The van der Waals surface area contributed by atoms with E-state index in [2.05, 4.69) is 10.6 Å². The van der Waals surface area contributed by atoms with Gasteiger partial charge in [0.25, 0.3) is 11.8 Å². The molecule has 2 aliphatic rings. The lowest BCUT2D eigenvalue weighted by Crippen LogP contribution is -2.41. The summed E-state index contributed by atoms with van der Waals surface area (Å²) in [7, 11) is 0. The second-order valence-corrected chi connectivity index (χ2v) is 8.87. The maximum absolute atomic E-state index is 12.9. The fraction of sp³-hybridized carbons (Fsp3) is 0.435. The molecule has 2 aromatic rings. The predicted molar refractivity (Wildman–Crippen MR) is 119 cm³/mol. The van der Waals surface area contributed by atoms with Crippen LogP contribution in [0.15, 0.2) is 41.8 Å². The van der Waals surface area contributed by atoms with Crippen LogP contribution >= 0.6 is 11.3 Å². The number of hydrogen-bond acceptors (Lipinski definition) is 5. The Bertz CT molecular complexity index is 917. The van der Waals surface area contributed by atoms with Crippen molar-refractivity contribution in [2.24, 2.45) is 5.92 Å². The van der Waals surface area contributed by atoms with E-state index in [0.717, 1.165) is 24.3 Å². The molecule has 8 heteroatoms. The quantitative estimate of drug-likeness (QED) is 0.721. The number of likely N-dealkylation sites (tertiary alicyclic amines) is 1. The number of piperidine rings is 1. The highest BCUT2D eigenvalue weighted by molar-refractivity contribution is 7.12. The lowest BCUT2D eigenvalue weighted by Gasteiger charge is -2.31. The van der Waals surface area contributed by atoms with E-state index in [1.54, 1.807) is 24.3 Å². The highest BCUT2D eigenvalue weighted by Gasteiger charge is 2.29. The third-order valence-electron chi connectivity index (χ3n) is 5.83. The number of ether oxygens (including phenoxy) is 1. The second kappa shape index (κ2) is 10.1. The van der Waals surface area contributed by atoms with Gasteiger partial charge in [-0.25, -0.2) is 0 Å². The van der Waals surface area contributed by atoms with Crippen molar-refractivity contribution in [2.75, 3.05) is 31.6 Å². The number of anilines is 1. The van der Waals surface area contributed by atoms with Crippen molar-refractivity contribution in [3.05, 3.63) is 52.2 Å². The Balaban J connectivity index is 1.31. The first-order chi connectivity index (χ1) is 15.1. The number of thiophene rings is 1. The van der Waals surface area contributed by atoms with Gasteiger partial charge in [0, 0.05) is 32.2 Å². The second-order valence-electron chi connectivity index (χ2n) is 7.92. The van der Waals surface area contributed by atoms with E-state index in [1.165, 1.54) is 11.3 Å². The number of benzene rings is 1.